The van der Waals surface area contributed by atoms with Crippen LogP contribution in [0.25, 0.3) is 0 Å². The number of hydrogen-bond acceptors (Lipinski definition) is 4. The van der Waals surface area contributed by atoms with Crippen LogP contribution in [-0.2, 0) is 13.1 Å². The first-order valence-corrected chi connectivity index (χ1v) is 8.09. The van der Waals surface area contributed by atoms with E-state index in [1.54, 1.807) is 0 Å². The molecule has 0 aromatic carbocycles. The molecule has 0 radical (unpaired) electrons. The molecule has 1 aliphatic heterocycles. The average Bonchev–Trinajstić information content (AvgIpc) is 3.07. The summed E-state index contributed by atoms with van der Waals surface area (Å²) in [5.41, 5.74) is 1.55. The fourth-order valence-electron chi connectivity index (χ4n) is 3.12. The van der Waals surface area contributed by atoms with Crippen molar-refractivity contribution in [3.8, 4) is 0 Å². The number of hydrogen-bond donors (Lipinski definition) is 1. The normalized spacial score (nSPS) is 18.8. The van der Waals surface area contributed by atoms with Crippen molar-refractivity contribution in [3.63, 3.8) is 0 Å². The Bertz CT molecular complexity index is 398. The van der Waals surface area contributed by atoms with E-state index >= 15 is 0 Å². The fraction of sp³-hybridized carbons (Fsp3) is 0.812. The molecule has 2 heterocycles. The number of nitrogens with one attached hydrogen (secondary N) is 1. The maximum atomic E-state index is 5.46. The molecular formula is C16H29N3O. The number of likely N-dealkylation sites (tertiary alicyclic amines) is 1. The predicted molar refractivity (Wildman–Crippen MR) is 81.4 cm³/mol. The number of nitrogens with zero attached hydrogens (tertiary/aromatic N) is 2. The molecule has 0 atom stereocenters. The van der Waals surface area contributed by atoms with E-state index in [2.05, 4.69) is 42.2 Å². The maximum absolute atomic E-state index is 5.46. The summed E-state index contributed by atoms with van der Waals surface area (Å²) in [4.78, 5) is 2.51. The molecule has 1 aromatic rings. The summed E-state index contributed by atoms with van der Waals surface area (Å²) in [6, 6.07) is 2.10. The van der Waals surface area contributed by atoms with Gasteiger partial charge in [0.15, 0.2) is 5.76 Å². The van der Waals surface area contributed by atoms with E-state index in [1.165, 1.54) is 32.4 Å². The minimum atomic E-state index is 0.533. The van der Waals surface area contributed by atoms with Crippen molar-refractivity contribution in [2.75, 3.05) is 19.6 Å². The molecule has 1 saturated heterocycles. The Kier molecular flexibility index (Phi) is 5.61. The summed E-state index contributed by atoms with van der Waals surface area (Å²) in [7, 11) is 0. The van der Waals surface area contributed by atoms with Gasteiger partial charge in [-0.15, -0.1) is 0 Å². The topological polar surface area (TPSA) is 41.3 Å². The monoisotopic (exact) mass is 279 g/mol. The Morgan fingerprint density at radius 1 is 1.35 bits per heavy atom. The van der Waals surface area contributed by atoms with Gasteiger partial charge in [0.2, 0.25) is 0 Å². The third-order valence-electron chi connectivity index (χ3n) is 4.74. The van der Waals surface area contributed by atoms with Crippen molar-refractivity contribution in [3.05, 3.63) is 17.5 Å². The van der Waals surface area contributed by atoms with Crippen molar-refractivity contribution in [2.24, 2.45) is 5.41 Å². The predicted octanol–water partition coefficient (Wildman–Crippen LogP) is 3.19. The van der Waals surface area contributed by atoms with Crippen molar-refractivity contribution < 1.29 is 4.52 Å². The van der Waals surface area contributed by atoms with Gasteiger partial charge in [0, 0.05) is 19.2 Å². The van der Waals surface area contributed by atoms with Gasteiger partial charge in [-0.2, -0.15) is 0 Å². The molecule has 0 amide bonds. The largest absolute Gasteiger partial charge is 0.360 e. The van der Waals surface area contributed by atoms with Crippen LogP contribution in [0.3, 0.4) is 0 Å². The van der Waals surface area contributed by atoms with Crippen molar-refractivity contribution >= 4 is 0 Å². The summed E-state index contributed by atoms with van der Waals surface area (Å²) in [6.07, 6.45) is 5.03. The second-order valence-corrected chi connectivity index (χ2v) is 6.13. The molecule has 2 rings (SSSR count). The van der Waals surface area contributed by atoms with Crippen molar-refractivity contribution in [1.29, 1.82) is 0 Å². The fourth-order valence-corrected chi connectivity index (χ4v) is 3.12. The molecule has 0 unspecified atom stereocenters. The molecule has 1 aromatic heterocycles. The highest BCUT2D eigenvalue weighted by Gasteiger charge is 2.35. The van der Waals surface area contributed by atoms with Crippen LogP contribution in [0.4, 0.5) is 0 Å². The zero-order chi connectivity index (χ0) is 14.4. The first kappa shape index (κ1) is 15.5. The molecule has 0 aliphatic carbocycles. The Morgan fingerprint density at radius 2 is 2.15 bits per heavy atom. The Hall–Kier alpha value is -0.870. The van der Waals surface area contributed by atoms with Crippen LogP contribution in [0.2, 0.25) is 0 Å². The van der Waals surface area contributed by atoms with Crippen LogP contribution in [0.1, 0.15) is 57.9 Å². The van der Waals surface area contributed by atoms with Gasteiger partial charge in [-0.05, 0) is 44.2 Å². The van der Waals surface area contributed by atoms with Crippen molar-refractivity contribution in [1.82, 2.24) is 15.4 Å². The zero-order valence-corrected chi connectivity index (χ0v) is 13.2. The highest BCUT2D eigenvalue weighted by molar-refractivity contribution is 5.06. The quantitative estimate of drug-likeness (QED) is 0.742. The lowest BCUT2D eigenvalue weighted by Gasteiger charge is -2.26. The lowest BCUT2D eigenvalue weighted by atomic mass is 9.82. The van der Waals surface area contributed by atoms with E-state index in [-0.39, 0.29) is 0 Å². The summed E-state index contributed by atoms with van der Waals surface area (Å²) >= 11 is 0. The van der Waals surface area contributed by atoms with Crippen LogP contribution in [0, 0.1) is 5.41 Å². The van der Waals surface area contributed by atoms with Crippen LogP contribution in [0.15, 0.2) is 10.6 Å². The van der Waals surface area contributed by atoms with Crippen molar-refractivity contribution in [2.45, 2.75) is 59.5 Å². The molecule has 0 saturated carbocycles. The highest BCUT2D eigenvalue weighted by Crippen LogP contribution is 2.37. The van der Waals surface area contributed by atoms with Gasteiger partial charge < -0.3 is 9.84 Å². The third-order valence-corrected chi connectivity index (χ3v) is 4.74. The molecule has 114 valence electrons. The molecule has 4 heteroatoms. The molecular weight excluding hydrogens is 250 g/mol. The van der Waals surface area contributed by atoms with Crippen LogP contribution in [0.5, 0.6) is 0 Å². The minimum Gasteiger partial charge on any atom is -0.360 e. The van der Waals surface area contributed by atoms with Crippen LogP contribution >= 0.6 is 0 Å². The van der Waals surface area contributed by atoms with Crippen LogP contribution < -0.4 is 5.32 Å². The number of rotatable bonds is 8. The molecule has 1 aliphatic rings. The summed E-state index contributed by atoms with van der Waals surface area (Å²) in [6.45, 7) is 11.9. The molecule has 0 bridgehead atoms. The highest BCUT2D eigenvalue weighted by atomic mass is 16.5. The van der Waals surface area contributed by atoms with E-state index < -0.39 is 0 Å². The van der Waals surface area contributed by atoms with E-state index in [1.807, 2.05) is 0 Å². The standard InChI is InChI=1S/C16H29N3O/c1-4-8-17-11-14-10-15(20-18-14)12-19-9-7-16(5-2,6-3)13-19/h10,17H,4-9,11-13H2,1-3H3. The molecule has 20 heavy (non-hydrogen) atoms. The summed E-state index contributed by atoms with van der Waals surface area (Å²) in [5.74, 6) is 1.00. The Morgan fingerprint density at radius 3 is 2.80 bits per heavy atom. The van der Waals surface area contributed by atoms with Gasteiger partial charge in [0.05, 0.1) is 12.2 Å². The SMILES string of the molecule is CCCNCc1cc(CN2CCC(CC)(CC)C2)on1. The second kappa shape index (κ2) is 7.23. The minimum absolute atomic E-state index is 0.533. The van der Waals surface area contributed by atoms with Gasteiger partial charge in [-0.25, -0.2) is 0 Å². The van der Waals surface area contributed by atoms with E-state index in [4.69, 9.17) is 4.52 Å². The average molecular weight is 279 g/mol. The second-order valence-electron chi connectivity index (χ2n) is 6.13. The first-order valence-electron chi connectivity index (χ1n) is 8.09. The molecule has 4 nitrogen and oxygen atoms in total. The van der Waals surface area contributed by atoms with Gasteiger partial charge in [-0.3, -0.25) is 4.90 Å². The Labute approximate surface area is 122 Å². The summed E-state index contributed by atoms with van der Waals surface area (Å²) in [5, 5.41) is 7.50. The Balaban J connectivity index is 1.82. The lowest BCUT2D eigenvalue weighted by molar-refractivity contribution is 0.218. The van der Waals surface area contributed by atoms with Gasteiger partial charge in [0.25, 0.3) is 0 Å². The first-order chi connectivity index (χ1) is 9.71. The van der Waals surface area contributed by atoms with E-state index in [9.17, 15) is 0 Å². The van der Waals surface area contributed by atoms with Crippen LogP contribution in [-0.4, -0.2) is 29.7 Å². The number of aromatic nitrogens is 1. The molecule has 1 N–H and O–H groups in total. The van der Waals surface area contributed by atoms with Gasteiger partial charge >= 0.3 is 0 Å². The summed E-state index contributed by atoms with van der Waals surface area (Å²) < 4.78 is 5.46. The lowest BCUT2D eigenvalue weighted by Crippen LogP contribution is -2.25. The van der Waals surface area contributed by atoms with Gasteiger partial charge in [-0.1, -0.05) is 25.9 Å². The zero-order valence-electron chi connectivity index (χ0n) is 13.2. The van der Waals surface area contributed by atoms with E-state index in [0.29, 0.717) is 5.41 Å². The molecule has 1 fully saturated rings. The maximum Gasteiger partial charge on any atom is 0.151 e. The third kappa shape index (κ3) is 3.83. The smallest absolute Gasteiger partial charge is 0.151 e. The molecule has 0 spiro atoms. The van der Waals surface area contributed by atoms with Gasteiger partial charge in [0.1, 0.15) is 0 Å². The van der Waals surface area contributed by atoms with E-state index in [0.717, 1.165) is 37.5 Å².